The zero-order valence-corrected chi connectivity index (χ0v) is 16.3. The lowest BCUT2D eigenvalue weighted by Gasteiger charge is -2.32. The number of likely N-dealkylation sites (tertiary alicyclic amines) is 1. The van der Waals surface area contributed by atoms with E-state index in [1.54, 1.807) is 18.2 Å². The number of amides is 2. The van der Waals surface area contributed by atoms with Crippen LogP contribution in [-0.2, 0) is 0 Å². The van der Waals surface area contributed by atoms with E-state index in [1.165, 1.54) is 7.11 Å². The molecule has 1 fully saturated rings. The van der Waals surface area contributed by atoms with Crippen LogP contribution in [0.2, 0.25) is 5.02 Å². The van der Waals surface area contributed by atoms with Crippen molar-refractivity contribution >= 4 is 23.4 Å². The minimum Gasteiger partial charge on any atom is -0.496 e. The fraction of sp³-hybridized carbons (Fsp3) is 0.333. The Morgan fingerprint density at radius 1 is 1.15 bits per heavy atom. The van der Waals surface area contributed by atoms with Crippen molar-refractivity contribution in [1.82, 2.24) is 10.2 Å². The molecule has 0 atom stereocenters. The molecule has 1 N–H and O–H groups in total. The summed E-state index contributed by atoms with van der Waals surface area (Å²) in [5, 5.41) is 3.52. The summed E-state index contributed by atoms with van der Waals surface area (Å²) < 4.78 is 5.25. The standard InChI is InChI=1S/C21H23ClN2O3/c1-14-4-3-5-15(12-14)21(26)24-10-8-17(9-11-24)23-20(25)18-13-16(22)6-7-19(18)27-2/h3-7,12-13,17H,8-11H2,1-2H3,(H,23,25). The lowest BCUT2D eigenvalue weighted by atomic mass is 10.0. The third-order valence-electron chi connectivity index (χ3n) is 4.79. The van der Waals surface area contributed by atoms with E-state index in [4.69, 9.17) is 16.3 Å². The molecular weight excluding hydrogens is 364 g/mol. The molecule has 0 aromatic heterocycles. The van der Waals surface area contributed by atoms with E-state index in [0.29, 0.717) is 47.8 Å². The molecule has 1 heterocycles. The molecular formula is C21H23ClN2O3. The van der Waals surface area contributed by atoms with E-state index in [-0.39, 0.29) is 17.9 Å². The monoisotopic (exact) mass is 386 g/mol. The summed E-state index contributed by atoms with van der Waals surface area (Å²) in [5.41, 5.74) is 2.20. The van der Waals surface area contributed by atoms with Crippen molar-refractivity contribution in [3.63, 3.8) is 0 Å². The number of halogens is 1. The summed E-state index contributed by atoms with van der Waals surface area (Å²) in [6.45, 7) is 3.21. The highest BCUT2D eigenvalue weighted by Crippen LogP contribution is 2.23. The quantitative estimate of drug-likeness (QED) is 0.871. The van der Waals surface area contributed by atoms with Gasteiger partial charge in [-0.05, 0) is 50.1 Å². The third-order valence-corrected chi connectivity index (χ3v) is 5.02. The first kappa shape index (κ1) is 19.2. The number of rotatable bonds is 4. The fourth-order valence-electron chi connectivity index (χ4n) is 3.31. The Labute approximate surface area is 164 Å². The highest BCUT2D eigenvalue weighted by molar-refractivity contribution is 6.31. The number of hydrogen-bond acceptors (Lipinski definition) is 3. The molecule has 0 bridgehead atoms. The Kier molecular flexibility index (Phi) is 6.01. The number of methoxy groups -OCH3 is 1. The third kappa shape index (κ3) is 4.61. The molecule has 0 unspecified atom stereocenters. The van der Waals surface area contributed by atoms with Gasteiger partial charge in [-0.1, -0.05) is 29.3 Å². The average molecular weight is 387 g/mol. The zero-order chi connectivity index (χ0) is 19.4. The van der Waals surface area contributed by atoms with Gasteiger partial charge in [-0.15, -0.1) is 0 Å². The van der Waals surface area contributed by atoms with Gasteiger partial charge in [0.2, 0.25) is 0 Å². The smallest absolute Gasteiger partial charge is 0.255 e. The highest BCUT2D eigenvalue weighted by Gasteiger charge is 2.25. The van der Waals surface area contributed by atoms with Crippen LogP contribution in [0.5, 0.6) is 5.75 Å². The molecule has 6 heteroatoms. The summed E-state index contributed by atoms with van der Waals surface area (Å²) in [4.78, 5) is 27.1. The largest absolute Gasteiger partial charge is 0.496 e. The van der Waals surface area contributed by atoms with E-state index < -0.39 is 0 Å². The van der Waals surface area contributed by atoms with Gasteiger partial charge in [-0.25, -0.2) is 0 Å². The Morgan fingerprint density at radius 3 is 2.56 bits per heavy atom. The van der Waals surface area contributed by atoms with Crippen molar-refractivity contribution in [2.24, 2.45) is 0 Å². The highest BCUT2D eigenvalue weighted by atomic mass is 35.5. The van der Waals surface area contributed by atoms with Gasteiger partial charge < -0.3 is 15.0 Å². The molecule has 1 aliphatic heterocycles. The molecule has 0 radical (unpaired) electrons. The SMILES string of the molecule is COc1ccc(Cl)cc1C(=O)NC1CCN(C(=O)c2cccc(C)c2)CC1. The zero-order valence-electron chi connectivity index (χ0n) is 15.5. The summed E-state index contributed by atoms with van der Waals surface area (Å²) >= 11 is 6.00. The summed E-state index contributed by atoms with van der Waals surface area (Å²) in [6.07, 6.45) is 1.43. The lowest BCUT2D eigenvalue weighted by Crippen LogP contribution is -2.46. The van der Waals surface area contributed by atoms with Crippen LogP contribution in [0.1, 0.15) is 39.1 Å². The number of aryl methyl sites for hydroxylation is 1. The molecule has 5 nitrogen and oxygen atoms in total. The van der Waals surface area contributed by atoms with Gasteiger partial charge in [0.05, 0.1) is 12.7 Å². The van der Waals surface area contributed by atoms with Crippen LogP contribution in [0.3, 0.4) is 0 Å². The van der Waals surface area contributed by atoms with Crippen LogP contribution in [0.4, 0.5) is 0 Å². The maximum atomic E-state index is 12.6. The molecule has 1 saturated heterocycles. The van der Waals surface area contributed by atoms with E-state index in [9.17, 15) is 9.59 Å². The van der Waals surface area contributed by atoms with Crippen molar-refractivity contribution < 1.29 is 14.3 Å². The lowest BCUT2D eigenvalue weighted by molar-refractivity contribution is 0.0698. The Balaban J connectivity index is 1.59. The normalized spacial score (nSPS) is 14.7. The van der Waals surface area contributed by atoms with Crippen LogP contribution in [0.15, 0.2) is 42.5 Å². The Hall–Kier alpha value is -2.53. The summed E-state index contributed by atoms with van der Waals surface area (Å²) in [6, 6.07) is 12.6. The molecule has 0 spiro atoms. The summed E-state index contributed by atoms with van der Waals surface area (Å²) in [5.74, 6) is 0.321. The van der Waals surface area contributed by atoms with Gasteiger partial charge >= 0.3 is 0 Å². The van der Waals surface area contributed by atoms with E-state index >= 15 is 0 Å². The average Bonchev–Trinajstić information content (AvgIpc) is 2.68. The number of nitrogens with zero attached hydrogens (tertiary/aromatic N) is 1. The Bertz CT molecular complexity index is 845. The Morgan fingerprint density at radius 2 is 1.89 bits per heavy atom. The number of ether oxygens (including phenoxy) is 1. The molecule has 27 heavy (non-hydrogen) atoms. The van der Waals surface area contributed by atoms with Crippen molar-refractivity contribution in [2.45, 2.75) is 25.8 Å². The molecule has 3 rings (SSSR count). The van der Waals surface area contributed by atoms with Crippen LogP contribution in [-0.4, -0.2) is 43.0 Å². The first-order chi connectivity index (χ1) is 13.0. The number of carbonyl (C=O) groups is 2. The predicted molar refractivity (Wildman–Crippen MR) is 106 cm³/mol. The number of nitrogens with one attached hydrogen (secondary N) is 1. The fourth-order valence-corrected chi connectivity index (χ4v) is 3.48. The van der Waals surface area contributed by atoms with Gasteiger partial charge in [0.1, 0.15) is 5.75 Å². The number of hydrogen-bond donors (Lipinski definition) is 1. The van der Waals surface area contributed by atoms with Gasteiger partial charge in [0.15, 0.2) is 0 Å². The maximum Gasteiger partial charge on any atom is 0.255 e. The van der Waals surface area contributed by atoms with E-state index in [1.807, 2.05) is 36.1 Å². The number of piperidine rings is 1. The van der Waals surface area contributed by atoms with Crippen molar-refractivity contribution in [3.8, 4) is 5.75 Å². The van der Waals surface area contributed by atoms with Crippen LogP contribution >= 0.6 is 11.6 Å². The molecule has 142 valence electrons. The van der Waals surface area contributed by atoms with Gasteiger partial charge in [-0.3, -0.25) is 9.59 Å². The first-order valence-corrected chi connectivity index (χ1v) is 9.36. The van der Waals surface area contributed by atoms with Crippen molar-refractivity contribution in [3.05, 3.63) is 64.2 Å². The van der Waals surface area contributed by atoms with Crippen molar-refractivity contribution in [2.75, 3.05) is 20.2 Å². The second-order valence-corrected chi connectivity index (χ2v) is 7.19. The van der Waals surface area contributed by atoms with E-state index in [0.717, 1.165) is 5.56 Å². The maximum absolute atomic E-state index is 12.6. The van der Waals surface area contributed by atoms with Gasteiger partial charge in [-0.2, -0.15) is 0 Å². The second kappa shape index (κ2) is 8.44. The van der Waals surface area contributed by atoms with Gasteiger partial charge in [0, 0.05) is 29.7 Å². The van der Waals surface area contributed by atoms with Crippen LogP contribution in [0, 0.1) is 6.92 Å². The molecule has 1 aliphatic rings. The van der Waals surface area contributed by atoms with Crippen LogP contribution < -0.4 is 10.1 Å². The van der Waals surface area contributed by atoms with Crippen molar-refractivity contribution in [1.29, 1.82) is 0 Å². The second-order valence-electron chi connectivity index (χ2n) is 6.75. The first-order valence-electron chi connectivity index (χ1n) is 8.98. The molecule has 2 aromatic rings. The molecule has 0 saturated carbocycles. The number of benzene rings is 2. The molecule has 2 amide bonds. The summed E-state index contributed by atoms with van der Waals surface area (Å²) in [7, 11) is 1.52. The molecule has 2 aromatic carbocycles. The van der Waals surface area contributed by atoms with Crippen LogP contribution in [0.25, 0.3) is 0 Å². The predicted octanol–water partition coefficient (Wildman–Crippen LogP) is 3.69. The van der Waals surface area contributed by atoms with Gasteiger partial charge in [0.25, 0.3) is 11.8 Å². The minimum absolute atomic E-state index is 0.0164. The van der Waals surface area contributed by atoms with E-state index in [2.05, 4.69) is 5.32 Å². The molecule has 0 aliphatic carbocycles. The number of carbonyl (C=O) groups excluding carboxylic acids is 2. The minimum atomic E-state index is -0.210. The topological polar surface area (TPSA) is 58.6 Å².